The smallest absolute Gasteiger partial charge is 0.177 e. The number of benzene rings is 1. The van der Waals surface area contributed by atoms with Gasteiger partial charge in [0, 0.05) is 11.6 Å². The van der Waals surface area contributed by atoms with Crippen molar-refractivity contribution in [2.45, 2.75) is 0 Å². The van der Waals surface area contributed by atoms with Crippen molar-refractivity contribution in [3.05, 3.63) is 34.9 Å². The number of rotatable bonds is 1. The fourth-order valence-electron chi connectivity index (χ4n) is 1.20. The second-order valence-electron chi connectivity index (χ2n) is 2.96. The lowest BCUT2D eigenvalue weighted by Crippen LogP contribution is -1.88. The summed E-state index contributed by atoms with van der Waals surface area (Å²) in [6, 6.07) is 3.82. The quantitative estimate of drug-likeness (QED) is 0.739. The average Bonchev–Trinajstić information content (AvgIpc) is 2.60. The zero-order valence-electron chi connectivity index (χ0n) is 7.39. The number of nitrogen functional groups attached to an aromatic ring is 1. The second-order valence-corrected chi connectivity index (χ2v) is 3.37. The third-order valence-corrected chi connectivity index (χ3v) is 2.17. The first-order chi connectivity index (χ1) is 7.08. The predicted octanol–water partition coefficient (Wildman–Crippen LogP) is 2.59. The molecule has 0 unspecified atom stereocenters. The molecule has 0 amide bonds. The number of nitrogens with two attached hydrogens (primary N) is 1. The van der Waals surface area contributed by atoms with Gasteiger partial charge in [-0.15, -0.1) is 0 Å². The molecule has 78 valence electrons. The van der Waals surface area contributed by atoms with Gasteiger partial charge in [-0.2, -0.15) is 5.10 Å². The molecule has 0 saturated carbocycles. The Hall–Kier alpha value is -1.62. The van der Waals surface area contributed by atoms with Crippen molar-refractivity contribution in [2.75, 3.05) is 5.73 Å². The van der Waals surface area contributed by atoms with Crippen LogP contribution in [0, 0.1) is 11.6 Å². The molecule has 0 aliphatic heterocycles. The number of nitrogens with one attached hydrogen (secondary N) is 1. The van der Waals surface area contributed by atoms with Gasteiger partial charge < -0.3 is 5.73 Å². The molecule has 0 radical (unpaired) electrons. The molecule has 0 atom stereocenters. The summed E-state index contributed by atoms with van der Waals surface area (Å²) in [5.74, 6) is -1.80. The van der Waals surface area contributed by atoms with Gasteiger partial charge in [0.15, 0.2) is 11.6 Å². The van der Waals surface area contributed by atoms with Crippen LogP contribution < -0.4 is 5.73 Å². The van der Waals surface area contributed by atoms with E-state index in [0.717, 1.165) is 6.07 Å². The molecule has 0 fully saturated rings. The standard InChI is InChI=1S/C9H6ClF2N3/c10-5-1-4(2-6(11)9(5)12)7-3-8(13)15-14-7/h1-3H,(H3,13,14,15). The molecule has 6 heteroatoms. The van der Waals surface area contributed by atoms with E-state index in [1.807, 2.05) is 0 Å². The Morgan fingerprint density at radius 3 is 2.53 bits per heavy atom. The largest absolute Gasteiger partial charge is 0.382 e. The van der Waals surface area contributed by atoms with Gasteiger partial charge in [-0.3, -0.25) is 5.10 Å². The molecule has 3 nitrogen and oxygen atoms in total. The number of hydrogen-bond donors (Lipinski definition) is 2. The van der Waals surface area contributed by atoms with Crippen LogP contribution in [0.25, 0.3) is 11.3 Å². The maximum absolute atomic E-state index is 13.0. The molecule has 3 N–H and O–H groups in total. The van der Waals surface area contributed by atoms with E-state index < -0.39 is 11.6 Å². The molecule has 0 saturated heterocycles. The number of hydrogen-bond acceptors (Lipinski definition) is 2. The molecular formula is C9H6ClF2N3. The van der Waals surface area contributed by atoms with Crippen LogP contribution in [0.3, 0.4) is 0 Å². The van der Waals surface area contributed by atoms with Gasteiger partial charge in [0.2, 0.25) is 0 Å². The maximum atomic E-state index is 13.0. The van der Waals surface area contributed by atoms with Crippen LogP contribution in [0.2, 0.25) is 5.02 Å². The Kier molecular flexibility index (Phi) is 2.32. The Bertz CT molecular complexity index is 487. The van der Waals surface area contributed by atoms with E-state index in [1.54, 1.807) is 0 Å². The van der Waals surface area contributed by atoms with Crippen LogP contribution in [-0.4, -0.2) is 10.2 Å². The summed E-state index contributed by atoms with van der Waals surface area (Å²) >= 11 is 5.50. The number of halogens is 3. The Balaban J connectivity index is 2.55. The number of nitrogens with zero attached hydrogens (tertiary/aromatic N) is 1. The summed E-state index contributed by atoms with van der Waals surface area (Å²) in [6.45, 7) is 0. The number of H-pyrrole nitrogens is 1. The highest BCUT2D eigenvalue weighted by atomic mass is 35.5. The van der Waals surface area contributed by atoms with Crippen LogP contribution in [0.4, 0.5) is 14.6 Å². The normalized spacial score (nSPS) is 10.6. The summed E-state index contributed by atoms with van der Waals surface area (Å²) in [5, 5.41) is 5.96. The van der Waals surface area contributed by atoms with Crippen molar-refractivity contribution in [3.8, 4) is 11.3 Å². The molecule has 1 aromatic carbocycles. The second kappa shape index (κ2) is 3.51. The van der Waals surface area contributed by atoms with Gasteiger partial charge in [0.1, 0.15) is 5.82 Å². The van der Waals surface area contributed by atoms with Crippen LogP contribution in [-0.2, 0) is 0 Å². The molecule has 15 heavy (non-hydrogen) atoms. The summed E-state index contributed by atoms with van der Waals surface area (Å²) < 4.78 is 25.9. The molecule has 0 aliphatic carbocycles. The fraction of sp³-hybridized carbons (Fsp3) is 0. The lowest BCUT2D eigenvalue weighted by Gasteiger charge is -2.00. The van der Waals surface area contributed by atoms with Gasteiger partial charge in [-0.1, -0.05) is 11.6 Å². The summed E-state index contributed by atoms with van der Waals surface area (Å²) in [6.07, 6.45) is 0. The molecule has 2 rings (SSSR count). The maximum Gasteiger partial charge on any atom is 0.177 e. The average molecular weight is 230 g/mol. The number of anilines is 1. The molecular weight excluding hydrogens is 224 g/mol. The van der Waals surface area contributed by atoms with E-state index in [4.69, 9.17) is 17.3 Å². The van der Waals surface area contributed by atoms with E-state index in [1.165, 1.54) is 12.1 Å². The Morgan fingerprint density at radius 2 is 2.00 bits per heavy atom. The molecule has 0 aliphatic rings. The molecule has 0 bridgehead atoms. The minimum atomic E-state index is -1.06. The van der Waals surface area contributed by atoms with Crippen LogP contribution in [0.15, 0.2) is 18.2 Å². The van der Waals surface area contributed by atoms with Crippen LogP contribution in [0.1, 0.15) is 0 Å². The first kappa shape index (κ1) is 9.92. The van der Waals surface area contributed by atoms with Crippen molar-refractivity contribution in [2.24, 2.45) is 0 Å². The van der Waals surface area contributed by atoms with E-state index >= 15 is 0 Å². The highest BCUT2D eigenvalue weighted by Gasteiger charge is 2.11. The third kappa shape index (κ3) is 1.78. The molecule has 2 aromatic rings. The summed E-state index contributed by atoms with van der Waals surface area (Å²) in [4.78, 5) is 0. The SMILES string of the molecule is Nc1cc(-c2cc(F)c(F)c(Cl)c2)[nH]n1. The summed E-state index contributed by atoms with van der Waals surface area (Å²) in [7, 11) is 0. The minimum Gasteiger partial charge on any atom is -0.382 e. The van der Waals surface area contributed by atoms with Crippen LogP contribution >= 0.6 is 11.6 Å². The van der Waals surface area contributed by atoms with Gasteiger partial charge in [-0.05, 0) is 12.1 Å². The fourth-order valence-corrected chi connectivity index (χ4v) is 1.40. The lowest BCUT2D eigenvalue weighted by atomic mass is 10.1. The number of aromatic nitrogens is 2. The van der Waals surface area contributed by atoms with Crippen molar-refractivity contribution < 1.29 is 8.78 Å². The highest BCUT2D eigenvalue weighted by molar-refractivity contribution is 6.31. The van der Waals surface area contributed by atoms with Crippen molar-refractivity contribution in [3.63, 3.8) is 0 Å². The van der Waals surface area contributed by atoms with Gasteiger partial charge in [0.05, 0.1) is 10.7 Å². The van der Waals surface area contributed by atoms with Gasteiger partial charge >= 0.3 is 0 Å². The number of aromatic amines is 1. The van der Waals surface area contributed by atoms with Crippen molar-refractivity contribution in [1.82, 2.24) is 10.2 Å². The van der Waals surface area contributed by atoms with Crippen molar-refractivity contribution in [1.29, 1.82) is 0 Å². The molecule has 1 aromatic heterocycles. The first-order valence-electron chi connectivity index (χ1n) is 4.03. The molecule has 0 spiro atoms. The zero-order chi connectivity index (χ0) is 11.0. The molecule has 1 heterocycles. The Morgan fingerprint density at radius 1 is 1.27 bits per heavy atom. The minimum absolute atomic E-state index is 0.269. The van der Waals surface area contributed by atoms with E-state index in [0.29, 0.717) is 11.3 Å². The summed E-state index contributed by atoms with van der Waals surface area (Å²) in [5.41, 5.74) is 6.25. The van der Waals surface area contributed by atoms with E-state index in [9.17, 15) is 8.78 Å². The van der Waals surface area contributed by atoms with Gasteiger partial charge in [-0.25, -0.2) is 8.78 Å². The highest BCUT2D eigenvalue weighted by Crippen LogP contribution is 2.26. The van der Waals surface area contributed by atoms with Gasteiger partial charge in [0.25, 0.3) is 0 Å². The topological polar surface area (TPSA) is 54.7 Å². The zero-order valence-corrected chi connectivity index (χ0v) is 8.15. The Labute approximate surface area is 88.9 Å². The lowest BCUT2D eigenvalue weighted by molar-refractivity contribution is 0.509. The third-order valence-electron chi connectivity index (χ3n) is 1.89. The van der Waals surface area contributed by atoms with E-state index in [-0.39, 0.29) is 10.8 Å². The van der Waals surface area contributed by atoms with Crippen LogP contribution in [0.5, 0.6) is 0 Å². The van der Waals surface area contributed by atoms with E-state index in [2.05, 4.69) is 10.2 Å². The first-order valence-corrected chi connectivity index (χ1v) is 4.41. The predicted molar refractivity (Wildman–Crippen MR) is 53.4 cm³/mol. The monoisotopic (exact) mass is 229 g/mol. The van der Waals surface area contributed by atoms with Crippen molar-refractivity contribution >= 4 is 17.4 Å².